The number of hydrogen-bond donors (Lipinski definition) is 0. The molecule has 0 radical (unpaired) electrons. The second-order valence-corrected chi connectivity index (χ2v) is 28.6. The molecular formula is C96H80O8. The maximum absolute atomic E-state index is 12.9. The molecule has 512 valence electrons. The van der Waals surface area contributed by atoms with E-state index in [2.05, 4.69) is 280 Å². The molecule has 19 rings (SSSR count). The molecule has 8 nitrogen and oxygen atoms in total. The van der Waals surface area contributed by atoms with Gasteiger partial charge in [0, 0.05) is 85.6 Å². The van der Waals surface area contributed by atoms with E-state index in [9.17, 15) is 14.4 Å². The van der Waals surface area contributed by atoms with Crippen LogP contribution in [-0.2, 0) is 43.7 Å². The van der Waals surface area contributed by atoms with E-state index in [-0.39, 0.29) is 61.1 Å². The predicted molar refractivity (Wildman–Crippen MR) is 424 cm³/mol. The Morgan fingerprint density at radius 2 is 0.856 bits per heavy atom. The highest BCUT2D eigenvalue weighted by atomic mass is 16.6. The number of rotatable bonds is 11. The zero-order valence-electron chi connectivity index (χ0n) is 58.5. The first-order valence-corrected chi connectivity index (χ1v) is 36.9. The van der Waals surface area contributed by atoms with Gasteiger partial charge >= 0.3 is 17.9 Å². The molecule has 104 heavy (non-hydrogen) atoms. The summed E-state index contributed by atoms with van der Waals surface area (Å²) in [5, 5.41) is 17.1. The van der Waals surface area contributed by atoms with Crippen molar-refractivity contribution in [3.05, 3.63) is 322 Å². The molecule has 8 heteroatoms. The molecule has 0 fully saturated rings. The summed E-state index contributed by atoms with van der Waals surface area (Å²) in [4.78, 5) is 37.3. The average Bonchev–Trinajstić information content (AvgIpc) is 0.708. The van der Waals surface area contributed by atoms with Crippen molar-refractivity contribution in [3.8, 4) is 0 Å². The SMILES string of the molecule is C=C(CCCC(=C)OC1CC=Cc2cc3cc4ccccc4cc3cc21)OC1CC=Cc2cc3cc4ccccc4cc3cc21.CCCC(=O)OC12C=Cc3c(ccc4ccccc34)C1C=Cc1c2ccc2ccccc12.O=C1CCCC(=O)OC2CC=Cc3cc4cc5c(cc4cc32)C(CC=C5)O1. The molecule has 1 aliphatic heterocycles. The van der Waals surface area contributed by atoms with Crippen LogP contribution in [-0.4, -0.2) is 17.9 Å². The van der Waals surface area contributed by atoms with Gasteiger partial charge in [0.05, 0.1) is 17.4 Å². The van der Waals surface area contributed by atoms with Gasteiger partial charge in [0.25, 0.3) is 0 Å². The van der Waals surface area contributed by atoms with E-state index in [1.807, 2.05) is 6.92 Å². The lowest BCUT2D eigenvalue weighted by Gasteiger charge is -2.43. The normalized spacial score (nSPS) is 19.9. The Morgan fingerprint density at radius 3 is 1.37 bits per heavy atom. The number of carbonyl (C=O) groups excluding carboxylic acids is 3. The van der Waals surface area contributed by atoms with Crippen LogP contribution in [0.3, 0.4) is 0 Å². The molecule has 6 atom stereocenters. The lowest BCUT2D eigenvalue weighted by atomic mass is 9.67. The molecule has 0 spiro atoms. The van der Waals surface area contributed by atoms with Gasteiger partial charge < -0.3 is 23.7 Å². The average molecular weight is 1360 g/mol. The summed E-state index contributed by atoms with van der Waals surface area (Å²) < 4.78 is 30.8. The lowest BCUT2D eigenvalue weighted by Crippen LogP contribution is -2.40. The topological polar surface area (TPSA) is 97.4 Å². The number of esters is 3. The molecule has 0 saturated carbocycles. The smallest absolute Gasteiger partial charge is 0.307 e. The Balaban J connectivity index is 0.000000120. The number of benzene rings is 12. The minimum atomic E-state index is -0.837. The van der Waals surface area contributed by atoms with Gasteiger partial charge in [0.1, 0.15) is 24.4 Å². The number of ether oxygens (including phenoxy) is 5. The molecule has 0 N–H and O–H groups in total. The van der Waals surface area contributed by atoms with E-state index in [0.29, 0.717) is 25.7 Å². The van der Waals surface area contributed by atoms with Gasteiger partial charge in [-0.05, 0) is 212 Å². The van der Waals surface area contributed by atoms with Crippen molar-refractivity contribution < 1.29 is 38.1 Å². The minimum Gasteiger partial charge on any atom is -0.490 e. The summed E-state index contributed by atoms with van der Waals surface area (Å²) in [5.41, 5.74) is 13.0. The fourth-order valence-electron chi connectivity index (χ4n) is 16.6. The van der Waals surface area contributed by atoms with Crippen LogP contribution >= 0.6 is 0 Å². The van der Waals surface area contributed by atoms with Gasteiger partial charge in [0.2, 0.25) is 0 Å². The largest absolute Gasteiger partial charge is 0.490 e. The highest BCUT2D eigenvalue weighted by molar-refractivity contribution is 6.02. The number of carbonyl (C=O) groups is 3. The van der Waals surface area contributed by atoms with Crippen molar-refractivity contribution in [3.63, 3.8) is 0 Å². The molecule has 12 aromatic rings. The van der Waals surface area contributed by atoms with Crippen LogP contribution in [0.15, 0.2) is 255 Å². The first-order chi connectivity index (χ1) is 50.9. The summed E-state index contributed by atoms with van der Waals surface area (Å²) in [6.07, 6.45) is 32.9. The molecule has 0 saturated heterocycles. The van der Waals surface area contributed by atoms with Gasteiger partial charge in [-0.2, -0.15) is 0 Å². The Morgan fingerprint density at radius 1 is 0.433 bits per heavy atom. The monoisotopic (exact) mass is 1360 g/mol. The van der Waals surface area contributed by atoms with Crippen molar-refractivity contribution in [1.82, 2.24) is 0 Å². The van der Waals surface area contributed by atoms with Crippen LogP contribution in [0, 0.1) is 0 Å². The number of allylic oxidation sites excluding steroid dienone is 2. The molecule has 12 aromatic carbocycles. The quantitative estimate of drug-likeness (QED) is 0.0547. The lowest BCUT2D eigenvalue weighted by molar-refractivity contribution is -0.157. The zero-order chi connectivity index (χ0) is 70.4. The van der Waals surface area contributed by atoms with Crippen molar-refractivity contribution in [2.45, 2.75) is 120 Å². The Kier molecular flexibility index (Phi) is 17.7. The molecule has 6 unspecified atom stereocenters. The fourth-order valence-corrected chi connectivity index (χ4v) is 16.6. The van der Waals surface area contributed by atoms with Crippen molar-refractivity contribution in [1.29, 1.82) is 0 Å². The van der Waals surface area contributed by atoms with Gasteiger partial charge in [-0.3, -0.25) is 14.4 Å². The van der Waals surface area contributed by atoms with Crippen LogP contribution < -0.4 is 0 Å². The second-order valence-electron chi connectivity index (χ2n) is 28.6. The number of hydrogen-bond acceptors (Lipinski definition) is 8. The second kappa shape index (κ2) is 28.0. The summed E-state index contributed by atoms with van der Waals surface area (Å²) in [7, 11) is 0. The van der Waals surface area contributed by atoms with Crippen LogP contribution in [0.5, 0.6) is 0 Å². The summed E-state index contributed by atoms with van der Waals surface area (Å²) in [6, 6.07) is 69.5. The molecule has 0 amide bonds. The molecular weight excluding hydrogens is 1280 g/mol. The van der Waals surface area contributed by atoms with Gasteiger partial charge in [0.15, 0.2) is 5.60 Å². The summed E-state index contributed by atoms with van der Waals surface area (Å²) >= 11 is 0. The standard InChI is InChI=1S/C43H36O2.C30H24O2.C23H20O4/c1-28(44-42-18-8-16-34-24-36-20-30-12-3-5-14-32(30)22-38(36)26-40(34)42)10-7-11-29(2)45-43-19-9-17-35-25-37-21-31-13-4-6-15-33(31)23-39(37)27-41(35)43;1-2-7-29(31)32-30-19-18-24-22-10-5-3-8-20(22)12-14-26(24)28(30)17-15-25-23-11-6-4-9-21(23)13-16-27(25)30;24-22-8-3-9-23(25)27-21-7-2-5-15-11-16-10-14-4-1-6-20(26-22)18(14)12-17(16)13-19(15)21/h3-6,8-9,12-17,20-27,42-43H,1-2,7,10-11,18-19H2;3-6,8-19,28H,2,7H2,1H3;1-2,4-5,10-13,20-21H,3,6-9H2. The molecule has 1 heterocycles. The Bertz CT molecular complexity index is 5500. The van der Waals surface area contributed by atoms with Gasteiger partial charge in [-0.25, -0.2) is 0 Å². The van der Waals surface area contributed by atoms with E-state index in [0.717, 1.165) is 94.2 Å². The van der Waals surface area contributed by atoms with E-state index in [4.69, 9.17) is 23.7 Å². The van der Waals surface area contributed by atoms with Crippen LogP contribution in [0.4, 0.5) is 0 Å². The van der Waals surface area contributed by atoms with Gasteiger partial charge in [-0.15, -0.1) is 0 Å². The van der Waals surface area contributed by atoms with Crippen molar-refractivity contribution in [2.75, 3.05) is 0 Å². The molecule has 6 aliphatic carbocycles. The summed E-state index contributed by atoms with van der Waals surface area (Å²) in [6.45, 7) is 10.6. The molecule has 7 aliphatic rings. The maximum atomic E-state index is 12.9. The maximum Gasteiger partial charge on any atom is 0.307 e. The zero-order valence-corrected chi connectivity index (χ0v) is 58.5. The third kappa shape index (κ3) is 12.8. The highest BCUT2D eigenvalue weighted by Gasteiger charge is 2.48. The number of fused-ring (bicyclic) bond motifs is 15. The van der Waals surface area contributed by atoms with Crippen LogP contribution in [0.1, 0.15) is 181 Å². The first-order valence-electron chi connectivity index (χ1n) is 36.9. The van der Waals surface area contributed by atoms with Crippen LogP contribution in [0.2, 0.25) is 0 Å². The van der Waals surface area contributed by atoms with Crippen LogP contribution in [0.25, 0.3) is 112 Å². The fraction of sp³-hybridized carbons (Fsp3) is 0.198. The van der Waals surface area contributed by atoms with E-state index in [1.54, 1.807) is 0 Å². The Hall–Kier alpha value is -11.6. The van der Waals surface area contributed by atoms with E-state index in [1.165, 1.54) is 98.0 Å². The predicted octanol–water partition coefficient (Wildman–Crippen LogP) is 24.5. The van der Waals surface area contributed by atoms with Gasteiger partial charge in [-0.1, -0.05) is 208 Å². The molecule has 0 aromatic heterocycles. The molecule has 3 bridgehead atoms. The summed E-state index contributed by atoms with van der Waals surface area (Å²) in [5.74, 6) is 0.891. The van der Waals surface area contributed by atoms with Crippen molar-refractivity contribution >= 4 is 130 Å². The minimum absolute atomic E-state index is 0.0229. The first kappa shape index (κ1) is 65.7. The van der Waals surface area contributed by atoms with E-state index < -0.39 is 5.60 Å². The Labute approximate surface area is 606 Å². The van der Waals surface area contributed by atoms with E-state index >= 15 is 0 Å². The highest BCUT2D eigenvalue weighted by Crippen LogP contribution is 2.54. The third-order valence-electron chi connectivity index (χ3n) is 21.8. The third-order valence-corrected chi connectivity index (χ3v) is 21.8. The van der Waals surface area contributed by atoms with Crippen molar-refractivity contribution in [2.24, 2.45) is 0 Å².